The summed E-state index contributed by atoms with van der Waals surface area (Å²) in [6.45, 7) is 7.04. The number of amides is 1. The summed E-state index contributed by atoms with van der Waals surface area (Å²) in [5.41, 5.74) is 0. The molecule has 0 aromatic heterocycles. The molecule has 0 aliphatic carbocycles. The average Bonchev–Trinajstić information content (AvgIpc) is 2.55. The van der Waals surface area contributed by atoms with E-state index in [4.69, 9.17) is 9.47 Å². The summed E-state index contributed by atoms with van der Waals surface area (Å²) in [5.74, 6) is 1.42. The lowest BCUT2D eigenvalue weighted by atomic mass is 10.2. The molecular formula is C16H22N2O3. The summed E-state index contributed by atoms with van der Waals surface area (Å²) in [5, 5.41) is 0. The monoisotopic (exact) mass is 290 g/mol. The van der Waals surface area contributed by atoms with Crippen molar-refractivity contribution in [1.82, 2.24) is 9.80 Å². The zero-order chi connectivity index (χ0) is 14.7. The number of carbonyl (C=O) groups excluding carboxylic acids is 1. The number of ether oxygens (including phenoxy) is 2. The SMILES string of the molecule is CCCN1CCN(C(=O)[C@@H]2COc3ccccc3O2)CC1. The maximum atomic E-state index is 12.5. The van der Waals surface area contributed by atoms with Gasteiger partial charge in [-0.2, -0.15) is 0 Å². The van der Waals surface area contributed by atoms with E-state index in [1.807, 2.05) is 29.2 Å². The zero-order valence-electron chi connectivity index (χ0n) is 12.5. The molecule has 0 bridgehead atoms. The smallest absolute Gasteiger partial charge is 0.267 e. The quantitative estimate of drug-likeness (QED) is 0.843. The molecule has 0 N–H and O–H groups in total. The second kappa shape index (κ2) is 6.35. The van der Waals surface area contributed by atoms with Crippen molar-refractivity contribution in [2.75, 3.05) is 39.3 Å². The summed E-state index contributed by atoms with van der Waals surface area (Å²) < 4.78 is 11.4. The van der Waals surface area contributed by atoms with Crippen molar-refractivity contribution in [2.24, 2.45) is 0 Å². The first-order chi connectivity index (χ1) is 10.3. The highest BCUT2D eigenvalue weighted by atomic mass is 16.6. The van der Waals surface area contributed by atoms with Gasteiger partial charge in [0.25, 0.3) is 5.91 Å². The third-order valence-corrected chi connectivity index (χ3v) is 4.01. The fraction of sp³-hybridized carbons (Fsp3) is 0.562. The Kier molecular flexibility index (Phi) is 4.29. The van der Waals surface area contributed by atoms with Crippen LogP contribution in [-0.4, -0.2) is 61.1 Å². The van der Waals surface area contributed by atoms with E-state index in [0.717, 1.165) is 39.1 Å². The highest BCUT2D eigenvalue weighted by Crippen LogP contribution is 2.31. The highest BCUT2D eigenvalue weighted by Gasteiger charge is 2.32. The normalized spacial score (nSPS) is 22.1. The van der Waals surface area contributed by atoms with Gasteiger partial charge in [-0.05, 0) is 25.1 Å². The van der Waals surface area contributed by atoms with Gasteiger partial charge in [0, 0.05) is 26.2 Å². The van der Waals surface area contributed by atoms with Crippen LogP contribution in [0.1, 0.15) is 13.3 Å². The molecule has 1 aromatic carbocycles. The van der Waals surface area contributed by atoms with Gasteiger partial charge in [0.1, 0.15) is 6.61 Å². The molecule has 1 fully saturated rings. The molecule has 1 saturated heterocycles. The molecule has 2 aliphatic rings. The van der Waals surface area contributed by atoms with Crippen LogP contribution in [0.25, 0.3) is 0 Å². The fourth-order valence-corrected chi connectivity index (χ4v) is 2.85. The van der Waals surface area contributed by atoms with Gasteiger partial charge in [0.2, 0.25) is 6.10 Å². The minimum Gasteiger partial charge on any atom is -0.485 e. The van der Waals surface area contributed by atoms with Crippen LogP contribution in [0.2, 0.25) is 0 Å². The standard InChI is InChI=1S/C16H22N2O3/c1-2-7-17-8-10-18(11-9-17)16(19)15-12-20-13-5-3-4-6-14(13)21-15/h3-6,15H,2,7-12H2,1H3/t15-/m0/s1. The predicted molar refractivity (Wildman–Crippen MR) is 79.7 cm³/mol. The van der Waals surface area contributed by atoms with Crippen LogP contribution in [0, 0.1) is 0 Å². The third-order valence-electron chi connectivity index (χ3n) is 4.01. The lowest BCUT2D eigenvalue weighted by Gasteiger charge is -2.37. The fourth-order valence-electron chi connectivity index (χ4n) is 2.85. The van der Waals surface area contributed by atoms with Crippen LogP contribution in [0.15, 0.2) is 24.3 Å². The first-order valence-electron chi connectivity index (χ1n) is 7.67. The van der Waals surface area contributed by atoms with E-state index in [2.05, 4.69) is 11.8 Å². The third kappa shape index (κ3) is 3.13. The number of fused-ring (bicyclic) bond motifs is 1. The Morgan fingerprint density at radius 1 is 1.19 bits per heavy atom. The van der Waals surface area contributed by atoms with E-state index < -0.39 is 6.10 Å². The molecule has 2 heterocycles. The summed E-state index contributed by atoms with van der Waals surface area (Å²) in [6.07, 6.45) is 0.641. The molecule has 2 aliphatic heterocycles. The Morgan fingerprint density at radius 2 is 1.90 bits per heavy atom. The molecule has 3 rings (SSSR count). The molecule has 1 atom stereocenters. The maximum absolute atomic E-state index is 12.5. The van der Waals surface area contributed by atoms with E-state index in [1.165, 1.54) is 0 Å². The van der Waals surface area contributed by atoms with E-state index in [0.29, 0.717) is 18.1 Å². The highest BCUT2D eigenvalue weighted by molar-refractivity contribution is 5.82. The molecule has 0 spiro atoms. The molecule has 5 nitrogen and oxygen atoms in total. The summed E-state index contributed by atoms with van der Waals surface area (Å²) in [4.78, 5) is 16.8. The number of hydrogen-bond acceptors (Lipinski definition) is 4. The second-order valence-corrected chi connectivity index (χ2v) is 5.53. The lowest BCUT2D eigenvalue weighted by Crippen LogP contribution is -2.54. The van der Waals surface area contributed by atoms with Crippen molar-refractivity contribution in [3.63, 3.8) is 0 Å². The Labute approximate surface area is 125 Å². The number of nitrogens with zero attached hydrogens (tertiary/aromatic N) is 2. The van der Waals surface area contributed by atoms with Gasteiger partial charge in [-0.15, -0.1) is 0 Å². The number of benzene rings is 1. The van der Waals surface area contributed by atoms with Crippen molar-refractivity contribution >= 4 is 5.91 Å². The second-order valence-electron chi connectivity index (χ2n) is 5.53. The molecule has 21 heavy (non-hydrogen) atoms. The number of piperazine rings is 1. The van der Waals surface area contributed by atoms with Gasteiger partial charge >= 0.3 is 0 Å². The maximum Gasteiger partial charge on any atom is 0.267 e. The number of carbonyl (C=O) groups is 1. The minimum absolute atomic E-state index is 0.0423. The van der Waals surface area contributed by atoms with Gasteiger partial charge in [-0.3, -0.25) is 9.69 Å². The first-order valence-corrected chi connectivity index (χ1v) is 7.67. The van der Waals surface area contributed by atoms with Crippen molar-refractivity contribution in [3.8, 4) is 11.5 Å². The Morgan fingerprint density at radius 3 is 2.62 bits per heavy atom. The van der Waals surface area contributed by atoms with Gasteiger partial charge in [-0.1, -0.05) is 19.1 Å². The Hall–Kier alpha value is -1.75. The number of rotatable bonds is 3. The van der Waals surface area contributed by atoms with Gasteiger partial charge in [-0.25, -0.2) is 0 Å². The van der Waals surface area contributed by atoms with Crippen LogP contribution in [0.4, 0.5) is 0 Å². The van der Waals surface area contributed by atoms with Crippen molar-refractivity contribution in [2.45, 2.75) is 19.4 Å². The van der Waals surface area contributed by atoms with E-state index in [1.54, 1.807) is 0 Å². The number of para-hydroxylation sites is 2. The predicted octanol–water partition coefficient (Wildman–Crippen LogP) is 1.38. The van der Waals surface area contributed by atoms with Crippen LogP contribution in [-0.2, 0) is 4.79 Å². The molecule has 114 valence electrons. The summed E-state index contributed by atoms with van der Waals surface area (Å²) >= 11 is 0. The largest absolute Gasteiger partial charge is 0.485 e. The summed E-state index contributed by atoms with van der Waals surface area (Å²) in [7, 11) is 0. The first kappa shape index (κ1) is 14.2. The van der Waals surface area contributed by atoms with Crippen LogP contribution in [0.3, 0.4) is 0 Å². The molecule has 5 heteroatoms. The van der Waals surface area contributed by atoms with Crippen LogP contribution < -0.4 is 9.47 Å². The van der Waals surface area contributed by atoms with Gasteiger partial charge in [0.05, 0.1) is 0 Å². The van der Waals surface area contributed by atoms with E-state index >= 15 is 0 Å². The number of hydrogen-bond donors (Lipinski definition) is 0. The topological polar surface area (TPSA) is 42.0 Å². The van der Waals surface area contributed by atoms with Gasteiger partial charge in [0.15, 0.2) is 11.5 Å². The lowest BCUT2D eigenvalue weighted by molar-refractivity contribution is -0.143. The minimum atomic E-state index is -0.516. The van der Waals surface area contributed by atoms with Crippen molar-refractivity contribution < 1.29 is 14.3 Å². The molecule has 1 aromatic rings. The molecule has 0 saturated carbocycles. The van der Waals surface area contributed by atoms with Crippen LogP contribution in [0.5, 0.6) is 11.5 Å². The van der Waals surface area contributed by atoms with Crippen molar-refractivity contribution in [1.29, 1.82) is 0 Å². The van der Waals surface area contributed by atoms with Crippen LogP contribution >= 0.6 is 0 Å². The molecule has 1 amide bonds. The van der Waals surface area contributed by atoms with E-state index in [-0.39, 0.29) is 5.91 Å². The van der Waals surface area contributed by atoms with E-state index in [9.17, 15) is 4.79 Å². The van der Waals surface area contributed by atoms with Gasteiger partial charge < -0.3 is 14.4 Å². The average molecular weight is 290 g/mol. The Bertz CT molecular complexity index is 498. The van der Waals surface area contributed by atoms with Crippen molar-refractivity contribution in [3.05, 3.63) is 24.3 Å². The molecular weight excluding hydrogens is 268 g/mol. The molecule has 0 unspecified atom stereocenters. The zero-order valence-corrected chi connectivity index (χ0v) is 12.5. The molecule has 0 radical (unpaired) electrons. The summed E-state index contributed by atoms with van der Waals surface area (Å²) in [6, 6.07) is 7.49. The Balaban J connectivity index is 1.57.